The molecule has 18 heavy (non-hydrogen) atoms. The van der Waals surface area contributed by atoms with Gasteiger partial charge in [-0.25, -0.2) is 9.97 Å². The summed E-state index contributed by atoms with van der Waals surface area (Å²) in [6.45, 7) is 13.8. The Morgan fingerprint density at radius 1 is 1.39 bits per heavy atom. The fourth-order valence-electron chi connectivity index (χ4n) is 1.79. The number of nitrogens with one attached hydrogen (secondary N) is 1. The summed E-state index contributed by atoms with van der Waals surface area (Å²) in [6.07, 6.45) is 1.88. The summed E-state index contributed by atoms with van der Waals surface area (Å²) in [4.78, 5) is 11.3. The molecular formula is C14H24N4. The van der Waals surface area contributed by atoms with Crippen LogP contribution in [0.3, 0.4) is 0 Å². The van der Waals surface area contributed by atoms with Gasteiger partial charge in [-0.2, -0.15) is 0 Å². The van der Waals surface area contributed by atoms with E-state index in [-0.39, 0.29) is 5.54 Å². The monoisotopic (exact) mass is 248 g/mol. The summed E-state index contributed by atoms with van der Waals surface area (Å²) in [7, 11) is 1.92. The van der Waals surface area contributed by atoms with E-state index in [1.807, 2.05) is 26.1 Å². The molecule has 0 spiro atoms. The minimum Gasteiger partial charge on any atom is -0.332 e. The minimum absolute atomic E-state index is 0.0289. The quantitative estimate of drug-likeness (QED) is 0.812. The molecule has 0 fully saturated rings. The molecule has 1 aromatic heterocycles. The molecule has 4 heteroatoms. The molecule has 1 rings (SSSR count). The highest BCUT2D eigenvalue weighted by Gasteiger charge is 2.23. The molecule has 0 saturated carbocycles. The maximum Gasteiger partial charge on any atom is 0.226 e. The molecule has 0 unspecified atom stereocenters. The molecular weight excluding hydrogens is 224 g/mol. The van der Waals surface area contributed by atoms with E-state index in [1.54, 1.807) is 0 Å². The lowest BCUT2D eigenvalue weighted by molar-refractivity contribution is 0.510. The van der Waals surface area contributed by atoms with Gasteiger partial charge in [-0.1, -0.05) is 6.08 Å². The van der Waals surface area contributed by atoms with Crippen LogP contribution in [0.15, 0.2) is 18.7 Å². The number of aromatic nitrogens is 2. The Morgan fingerprint density at radius 2 is 2.06 bits per heavy atom. The Labute approximate surface area is 110 Å². The highest BCUT2D eigenvalue weighted by Crippen LogP contribution is 2.20. The fraction of sp³-hybridized carbons (Fsp3) is 0.571. The van der Waals surface area contributed by atoms with Gasteiger partial charge in [-0.15, -0.1) is 6.58 Å². The van der Waals surface area contributed by atoms with E-state index >= 15 is 0 Å². The average molecular weight is 248 g/mol. The lowest BCUT2D eigenvalue weighted by Gasteiger charge is -2.35. The lowest BCUT2D eigenvalue weighted by atomic mass is 10.1. The van der Waals surface area contributed by atoms with Crippen molar-refractivity contribution in [2.45, 2.75) is 39.8 Å². The van der Waals surface area contributed by atoms with Crippen molar-refractivity contribution in [3.8, 4) is 0 Å². The van der Waals surface area contributed by atoms with Gasteiger partial charge in [0.2, 0.25) is 5.95 Å². The largest absolute Gasteiger partial charge is 0.332 e. The molecule has 1 aromatic rings. The van der Waals surface area contributed by atoms with Crippen LogP contribution in [0.2, 0.25) is 0 Å². The molecule has 0 saturated heterocycles. The van der Waals surface area contributed by atoms with Gasteiger partial charge in [0.1, 0.15) is 0 Å². The summed E-state index contributed by atoms with van der Waals surface area (Å²) in [5, 5.41) is 3.12. The van der Waals surface area contributed by atoms with Crippen LogP contribution < -0.4 is 10.2 Å². The number of aryl methyl sites for hydroxylation is 1. The van der Waals surface area contributed by atoms with Crippen LogP contribution in [0, 0.1) is 6.92 Å². The Kier molecular flexibility index (Phi) is 4.84. The zero-order valence-electron chi connectivity index (χ0n) is 12.1. The highest BCUT2D eigenvalue weighted by molar-refractivity contribution is 5.36. The topological polar surface area (TPSA) is 41.1 Å². The number of nitrogens with zero attached hydrogens (tertiary/aromatic N) is 3. The smallest absolute Gasteiger partial charge is 0.226 e. The number of anilines is 1. The van der Waals surface area contributed by atoms with Gasteiger partial charge in [0.15, 0.2) is 0 Å². The molecule has 1 heterocycles. The van der Waals surface area contributed by atoms with Crippen molar-refractivity contribution < 1.29 is 0 Å². The van der Waals surface area contributed by atoms with E-state index in [2.05, 4.69) is 47.5 Å². The first-order chi connectivity index (χ1) is 8.38. The average Bonchev–Trinajstić information content (AvgIpc) is 2.23. The van der Waals surface area contributed by atoms with Gasteiger partial charge < -0.3 is 10.2 Å². The molecule has 4 nitrogen and oxygen atoms in total. The van der Waals surface area contributed by atoms with Crippen LogP contribution in [0.1, 0.15) is 32.2 Å². The molecule has 0 bridgehead atoms. The third-order valence-corrected chi connectivity index (χ3v) is 2.62. The second-order valence-electron chi connectivity index (χ2n) is 5.40. The van der Waals surface area contributed by atoms with Crippen molar-refractivity contribution in [1.82, 2.24) is 15.3 Å². The Balaban J connectivity index is 3.15. The summed E-state index contributed by atoms with van der Waals surface area (Å²) in [5.41, 5.74) is 1.97. The van der Waals surface area contributed by atoms with E-state index in [4.69, 9.17) is 0 Å². The fourth-order valence-corrected chi connectivity index (χ4v) is 1.79. The summed E-state index contributed by atoms with van der Waals surface area (Å²) < 4.78 is 0. The molecule has 100 valence electrons. The summed E-state index contributed by atoms with van der Waals surface area (Å²) in [5.74, 6) is 0.771. The first kappa shape index (κ1) is 14.6. The van der Waals surface area contributed by atoms with E-state index in [0.717, 1.165) is 30.4 Å². The zero-order valence-corrected chi connectivity index (χ0v) is 12.1. The van der Waals surface area contributed by atoms with Crippen molar-refractivity contribution in [2.75, 3.05) is 18.5 Å². The third-order valence-electron chi connectivity index (χ3n) is 2.62. The third kappa shape index (κ3) is 3.81. The van der Waals surface area contributed by atoms with E-state index in [0.29, 0.717) is 0 Å². The van der Waals surface area contributed by atoms with Gasteiger partial charge in [-0.3, -0.25) is 0 Å². The summed E-state index contributed by atoms with van der Waals surface area (Å²) >= 11 is 0. The van der Waals surface area contributed by atoms with Crippen LogP contribution >= 0.6 is 0 Å². The van der Waals surface area contributed by atoms with Crippen LogP contribution in [-0.4, -0.2) is 29.1 Å². The van der Waals surface area contributed by atoms with E-state index < -0.39 is 0 Å². The van der Waals surface area contributed by atoms with Crippen molar-refractivity contribution >= 4 is 5.95 Å². The van der Waals surface area contributed by atoms with Crippen LogP contribution in [0.5, 0.6) is 0 Å². The zero-order chi connectivity index (χ0) is 13.8. The minimum atomic E-state index is -0.0289. The Morgan fingerprint density at radius 3 is 2.56 bits per heavy atom. The van der Waals surface area contributed by atoms with E-state index in [1.165, 1.54) is 0 Å². The molecule has 0 aromatic carbocycles. The maximum absolute atomic E-state index is 4.61. The standard InChI is InChI=1S/C14H24N4/c1-7-8-18(14(3,4)5)13-16-11(2)9-12(17-13)10-15-6/h7,9,15H,1,8,10H2,2-6H3. The highest BCUT2D eigenvalue weighted by atomic mass is 15.3. The number of rotatable bonds is 5. The molecule has 0 atom stereocenters. The lowest BCUT2D eigenvalue weighted by Crippen LogP contribution is -2.43. The first-order valence-corrected chi connectivity index (χ1v) is 6.26. The molecule has 0 aliphatic rings. The van der Waals surface area contributed by atoms with Gasteiger partial charge in [0.05, 0.1) is 5.69 Å². The first-order valence-electron chi connectivity index (χ1n) is 6.26. The summed E-state index contributed by atoms with van der Waals surface area (Å²) in [6, 6.07) is 2.01. The van der Waals surface area contributed by atoms with Crippen molar-refractivity contribution in [3.05, 3.63) is 30.1 Å². The Hall–Kier alpha value is -1.42. The second kappa shape index (κ2) is 5.96. The molecule has 0 aliphatic carbocycles. The molecule has 0 aliphatic heterocycles. The van der Waals surface area contributed by atoms with Crippen molar-refractivity contribution in [2.24, 2.45) is 0 Å². The van der Waals surface area contributed by atoms with Gasteiger partial charge in [-0.05, 0) is 40.8 Å². The predicted molar refractivity (Wildman–Crippen MR) is 76.8 cm³/mol. The van der Waals surface area contributed by atoms with E-state index in [9.17, 15) is 0 Å². The Bertz CT molecular complexity index is 407. The SMILES string of the molecule is C=CCN(c1nc(C)cc(CNC)n1)C(C)(C)C. The van der Waals surface area contributed by atoms with Gasteiger partial charge in [0, 0.05) is 24.3 Å². The number of hydrogen-bond acceptors (Lipinski definition) is 4. The normalized spacial score (nSPS) is 11.4. The second-order valence-corrected chi connectivity index (χ2v) is 5.40. The van der Waals surface area contributed by atoms with Crippen molar-refractivity contribution in [1.29, 1.82) is 0 Å². The van der Waals surface area contributed by atoms with Crippen LogP contribution in [0.25, 0.3) is 0 Å². The predicted octanol–water partition coefficient (Wildman–Crippen LogP) is 2.30. The molecule has 0 radical (unpaired) electrons. The maximum atomic E-state index is 4.61. The van der Waals surface area contributed by atoms with Crippen LogP contribution in [-0.2, 0) is 6.54 Å². The van der Waals surface area contributed by atoms with Crippen LogP contribution in [0.4, 0.5) is 5.95 Å². The van der Waals surface area contributed by atoms with Gasteiger partial charge >= 0.3 is 0 Å². The molecule has 0 amide bonds. The number of hydrogen-bond donors (Lipinski definition) is 1. The van der Waals surface area contributed by atoms with Crippen molar-refractivity contribution in [3.63, 3.8) is 0 Å². The van der Waals surface area contributed by atoms with Gasteiger partial charge in [0.25, 0.3) is 0 Å². The molecule has 1 N–H and O–H groups in total.